The summed E-state index contributed by atoms with van der Waals surface area (Å²) in [5, 5.41) is 0. The maximum Gasteiger partial charge on any atom is 0.228 e. The van der Waals surface area contributed by atoms with E-state index in [0.717, 1.165) is 6.42 Å². The zero-order valence-corrected chi connectivity index (χ0v) is 14.2. The summed E-state index contributed by atoms with van der Waals surface area (Å²) in [6.07, 6.45) is 2.24. The minimum Gasteiger partial charge on any atom is -0.486 e. The first-order valence-corrected chi connectivity index (χ1v) is 9.03. The Hall–Kier alpha value is -2.08. The molecule has 134 valence electrons. The van der Waals surface area contributed by atoms with Crippen molar-refractivity contribution in [3.8, 4) is 11.5 Å². The summed E-state index contributed by atoms with van der Waals surface area (Å²) in [6.45, 7) is 3.56. The summed E-state index contributed by atoms with van der Waals surface area (Å²) in [6, 6.07) is 5.40. The largest absolute Gasteiger partial charge is 0.486 e. The maximum absolute atomic E-state index is 12.8. The van der Waals surface area contributed by atoms with Crippen LogP contribution in [0.15, 0.2) is 18.2 Å². The molecule has 0 aromatic heterocycles. The number of benzene rings is 1. The van der Waals surface area contributed by atoms with Gasteiger partial charge in [0.2, 0.25) is 5.91 Å². The first-order valence-electron chi connectivity index (χ1n) is 9.03. The monoisotopic (exact) mass is 345 g/mol. The molecule has 1 atom stereocenters. The Morgan fingerprint density at radius 3 is 2.40 bits per heavy atom. The number of carbonyl (C=O) groups excluding carboxylic acids is 2. The zero-order chi connectivity index (χ0) is 17.2. The minimum atomic E-state index is -0.0357. The van der Waals surface area contributed by atoms with E-state index in [1.165, 1.54) is 0 Å². The van der Waals surface area contributed by atoms with Crippen molar-refractivity contribution in [2.45, 2.75) is 19.3 Å². The van der Waals surface area contributed by atoms with Gasteiger partial charge in [-0.3, -0.25) is 9.59 Å². The summed E-state index contributed by atoms with van der Waals surface area (Å²) in [5.41, 5.74) is 0.665. The fourth-order valence-corrected chi connectivity index (χ4v) is 3.78. The molecule has 0 N–H and O–H groups in total. The van der Waals surface area contributed by atoms with Crippen LogP contribution in [0.2, 0.25) is 0 Å². The Morgan fingerprint density at radius 2 is 1.68 bits per heavy atom. The number of Topliss-reactive ketones (excluding diaryl/α,β-unsaturated/α-hetero) is 1. The van der Waals surface area contributed by atoms with Crippen LogP contribution in [0, 0.1) is 11.8 Å². The lowest BCUT2D eigenvalue weighted by atomic mass is 9.88. The smallest absolute Gasteiger partial charge is 0.228 e. The molecule has 0 bridgehead atoms. The summed E-state index contributed by atoms with van der Waals surface area (Å²) < 4.78 is 16.4. The van der Waals surface area contributed by atoms with E-state index < -0.39 is 0 Å². The van der Waals surface area contributed by atoms with Gasteiger partial charge in [0.1, 0.15) is 13.2 Å². The topological polar surface area (TPSA) is 65.1 Å². The molecule has 0 aliphatic carbocycles. The van der Waals surface area contributed by atoms with E-state index in [-0.39, 0.29) is 23.5 Å². The van der Waals surface area contributed by atoms with Crippen LogP contribution in [0.5, 0.6) is 11.5 Å². The highest BCUT2D eigenvalue weighted by molar-refractivity contribution is 5.98. The van der Waals surface area contributed by atoms with Gasteiger partial charge >= 0.3 is 0 Å². The number of hydrogen-bond acceptors (Lipinski definition) is 5. The summed E-state index contributed by atoms with van der Waals surface area (Å²) >= 11 is 0. The van der Waals surface area contributed by atoms with Crippen molar-refractivity contribution < 1.29 is 23.8 Å². The van der Waals surface area contributed by atoms with Crippen LogP contribution >= 0.6 is 0 Å². The van der Waals surface area contributed by atoms with Crippen LogP contribution in [0.1, 0.15) is 29.6 Å². The number of nitrogens with zero attached hydrogens (tertiary/aromatic N) is 1. The van der Waals surface area contributed by atoms with Crippen molar-refractivity contribution >= 4 is 11.7 Å². The zero-order valence-electron chi connectivity index (χ0n) is 14.2. The van der Waals surface area contributed by atoms with Crippen molar-refractivity contribution in [3.63, 3.8) is 0 Å². The molecular weight excluding hydrogens is 322 g/mol. The average molecular weight is 345 g/mol. The minimum absolute atomic E-state index is 0.00467. The second-order valence-corrected chi connectivity index (χ2v) is 6.88. The van der Waals surface area contributed by atoms with Gasteiger partial charge in [-0.25, -0.2) is 0 Å². The SMILES string of the molecule is O=C(c1ccc2c(c1)OCCO2)C1CCN(C(=O)C2CCOC2)CC1. The molecule has 3 aliphatic rings. The summed E-state index contributed by atoms with van der Waals surface area (Å²) in [5.74, 6) is 1.63. The second kappa shape index (κ2) is 7.04. The van der Waals surface area contributed by atoms with Gasteiger partial charge in [-0.1, -0.05) is 0 Å². The molecule has 3 aliphatic heterocycles. The third-order valence-electron chi connectivity index (χ3n) is 5.28. The molecule has 1 aromatic carbocycles. The van der Waals surface area contributed by atoms with Gasteiger partial charge < -0.3 is 19.1 Å². The number of carbonyl (C=O) groups is 2. The van der Waals surface area contributed by atoms with Gasteiger partial charge in [0.05, 0.1) is 12.5 Å². The van der Waals surface area contributed by atoms with E-state index in [1.807, 2.05) is 11.0 Å². The molecule has 25 heavy (non-hydrogen) atoms. The average Bonchev–Trinajstić information content (AvgIpc) is 3.21. The van der Waals surface area contributed by atoms with Gasteiger partial charge in [-0.15, -0.1) is 0 Å². The first-order chi connectivity index (χ1) is 12.2. The van der Waals surface area contributed by atoms with E-state index in [0.29, 0.717) is 69.4 Å². The van der Waals surface area contributed by atoms with Crippen molar-refractivity contribution in [3.05, 3.63) is 23.8 Å². The molecule has 2 saturated heterocycles. The van der Waals surface area contributed by atoms with E-state index in [2.05, 4.69) is 0 Å². The highest BCUT2D eigenvalue weighted by atomic mass is 16.6. The standard InChI is InChI=1S/C19H23NO5/c21-18(14-1-2-16-17(11-14)25-10-9-24-16)13-3-6-20(7-4-13)19(22)15-5-8-23-12-15/h1-2,11,13,15H,3-10,12H2. The number of amides is 1. The fourth-order valence-electron chi connectivity index (χ4n) is 3.78. The van der Waals surface area contributed by atoms with Crippen LogP contribution in [-0.4, -0.2) is 56.1 Å². The molecule has 6 nitrogen and oxygen atoms in total. The van der Waals surface area contributed by atoms with Gasteiger partial charge in [0, 0.05) is 31.2 Å². The van der Waals surface area contributed by atoms with E-state index in [4.69, 9.17) is 14.2 Å². The van der Waals surface area contributed by atoms with Crippen molar-refractivity contribution in [2.24, 2.45) is 11.8 Å². The van der Waals surface area contributed by atoms with E-state index in [1.54, 1.807) is 12.1 Å². The predicted molar refractivity (Wildman–Crippen MR) is 90.0 cm³/mol. The number of ketones is 1. The molecule has 6 heteroatoms. The van der Waals surface area contributed by atoms with Crippen LogP contribution in [0.4, 0.5) is 0 Å². The van der Waals surface area contributed by atoms with E-state index >= 15 is 0 Å². The van der Waals surface area contributed by atoms with Crippen LogP contribution in [-0.2, 0) is 9.53 Å². The molecule has 0 saturated carbocycles. The highest BCUT2D eigenvalue weighted by Gasteiger charge is 2.33. The Kier molecular flexibility index (Phi) is 4.61. The van der Waals surface area contributed by atoms with Gasteiger partial charge in [0.25, 0.3) is 0 Å². The van der Waals surface area contributed by atoms with Gasteiger partial charge in [-0.05, 0) is 37.5 Å². The van der Waals surface area contributed by atoms with E-state index in [9.17, 15) is 9.59 Å². The maximum atomic E-state index is 12.8. The number of rotatable bonds is 3. The molecule has 0 radical (unpaired) electrons. The lowest BCUT2D eigenvalue weighted by molar-refractivity contribution is -0.136. The highest BCUT2D eigenvalue weighted by Crippen LogP contribution is 2.32. The first kappa shape index (κ1) is 16.4. The predicted octanol–water partition coefficient (Wildman–Crippen LogP) is 1.92. The fraction of sp³-hybridized carbons (Fsp3) is 0.579. The molecule has 0 spiro atoms. The number of fused-ring (bicyclic) bond motifs is 1. The number of ether oxygens (including phenoxy) is 3. The molecule has 1 unspecified atom stereocenters. The third kappa shape index (κ3) is 3.35. The summed E-state index contributed by atoms with van der Waals surface area (Å²) in [4.78, 5) is 27.1. The number of piperidine rings is 1. The number of likely N-dealkylation sites (tertiary alicyclic amines) is 1. The Bertz CT molecular complexity index is 660. The Labute approximate surface area is 147 Å². The number of hydrogen-bond donors (Lipinski definition) is 0. The lowest BCUT2D eigenvalue weighted by Crippen LogP contribution is -2.43. The normalized spacial score (nSPS) is 23.5. The molecule has 1 amide bonds. The van der Waals surface area contributed by atoms with Gasteiger partial charge in [-0.2, -0.15) is 0 Å². The quantitative estimate of drug-likeness (QED) is 0.783. The van der Waals surface area contributed by atoms with Crippen LogP contribution in [0.3, 0.4) is 0 Å². The molecular formula is C19H23NO5. The molecule has 2 fully saturated rings. The van der Waals surface area contributed by atoms with Crippen LogP contribution in [0.25, 0.3) is 0 Å². The molecule has 1 aromatic rings. The Morgan fingerprint density at radius 1 is 0.920 bits per heavy atom. The van der Waals surface area contributed by atoms with Gasteiger partial charge in [0.15, 0.2) is 17.3 Å². The molecule has 3 heterocycles. The summed E-state index contributed by atoms with van der Waals surface area (Å²) in [7, 11) is 0. The second-order valence-electron chi connectivity index (χ2n) is 6.88. The van der Waals surface area contributed by atoms with Crippen molar-refractivity contribution in [1.29, 1.82) is 0 Å². The van der Waals surface area contributed by atoms with Crippen molar-refractivity contribution in [1.82, 2.24) is 4.90 Å². The Balaban J connectivity index is 1.37. The third-order valence-corrected chi connectivity index (χ3v) is 5.28. The lowest BCUT2D eigenvalue weighted by Gasteiger charge is -2.32. The molecule has 4 rings (SSSR count). The van der Waals surface area contributed by atoms with Crippen molar-refractivity contribution in [2.75, 3.05) is 39.5 Å². The van der Waals surface area contributed by atoms with Crippen LogP contribution < -0.4 is 9.47 Å².